The van der Waals surface area contributed by atoms with Crippen molar-refractivity contribution in [3.05, 3.63) is 52.7 Å². The lowest BCUT2D eigenvalue weighted by molar-refractivity contribution is -0.142. The molecular weight excluding hydrogens is 336 g/mol. The van der Waals surface area contributed by atoms with Gasteiger partial charge in [0.15, 0.2) is 0 Å². The molecule has 0 unspecified atom stereocenters. The highest BCUT2D eigenvalue weighted by Gasteiger charge is 2.08. The predicted molar refractivity (Wildman–Crippen MR) is 100 cm³/mol. The van der Waals surface area contributed by atoms with Crippen LogP contribution in [-0.4, -0.2) is 28.8 Å². The lowest BCUT2D eigenvalue weighted by Crippen LogP contribution is -2.07. The van der Waals surface area contributed by atoms with Gasteiger partial charge >= 0.3 is 5.97 Å². The first kappa shape index (κ1) is 17.0. The highest BCUT2D eigenvalue weighted by molar-refractivity contribution is 7.13. The van der Waals surface area contributed by atoms with Gasteiger partial charge in [-0.2, -0.15) is 5.10 Å². The molecule has 0 spiro atoms. The molecule has 0 radical (unpaired) electrons. The number of aromatic nitrogens is 2. The van der Waals surface area contributed by atoms with Crippen LogP contribution in [0, 0.1) is 6.92 Å². The number of thiazole rings is 1. The average molecular weight is 354 g/mol. The minimum absolute atomic E-state index is 0.171. The molecule has 0 amide bonds. The van der Waals surface area contributed by atoms with Gasteiger partial charge in [0.05, 0.1) is 30.5 Å². The van der Waals surface area contributed by atoms with Gasteiger partial charge in [-0.3, -0.25) is 15.2 Å². The van der Waals surface area contributed by atoms with Crippen LogP contribution in [0.25, 0.3) is 10.9 Å². The summed E-state index contributed by atoms with van der Waals surface area (Å²) in [4.78, 5) is 20.2. The number of nitrogens with one attached hydrogen (secondary N) is 1. The highest BCUT2D eigenvalue weighted by Crippen LogP contribution is 2.19. The molecule has 25 heavy (non-hydrogen) atoms. The van der Waals surface area contributed by atoms with Crippen molar-refractivity contribution in [3.8, 4) is 0 Å². The Morgan fingerprint density at radius 2 is 2.28 bits per heavy atom. The number of esters is 1. The Morgan fingerprint density at radius 3 is 3.12 bits per heavy atom. The van der Waals surface area contributed by atoms with E-state index in [9.17, 15) is 4.79 Å². The number of nitrogens with zero attached hydrogens (tertiary/aromatic N) is 3. The smallest absolute Gasteiger partial charge is 0.311 e. The highest BCUT2D eigenvalue weighted by atomic mass is 32.1. The summed E-state index contributed by atoms with van der Waals surface area (Å²) in [6, 6.07) is 7.97. The van der Waals surface area contributed by atoms with Gasteiger partial charge in [0.25, 0.3) is 0 Å². The maximum atomic E-state index is 11.5. The Kier molecular flexibility index (Phi) is 5.35. The molecular formula is C18H18N4O2S. The zero-order valence-corrected chi connectivity index (χ0v) is 14.8. The molecule has 3 aromatic rings. The number of anilines is 1. The van der Waals surface area contributed by atoms with Gasteiger partial charge in [-0.05, 0) is 25.5 Å². The summed E-state index contributed by atoms with van der Waals surface area (Å²) in [6.45, 7) is 4.19. The topological polar surface area (TPSA) is 76.5 Å². The molecule has 7 heteroatoms. The number of carbonyl (C=O) groups excluding carboxylic acids is 1. The molecule has 2 aromatic heterocycles. The number of hydrazone groups is 1. The fourth-order valence-electron chi connectivity index (χ4n) is 2.41. The van der Waals surface area contributed by atoms with E-state index >= 15 is 0 Å². The Hall–Kier alpha value is -2.80. The standard InChI is InChI=1S/C18H18N4O2S/c1-3-24-16(23)9-14-11-25-18(21-14)22-20-10-13-7-6-12(2)17-15(13)5-4-8-19-17/h4-8,10-11H,3,9H2,1-2H3,(H,21,22). The number of rotatable bonds is 6. The van der Waals surface area contributed by atoms with Crippen molar-refractivity contribution in [2.45, 2.75) is 20.3 Å². The average Bonchev–Trinajstić information content (AvgIpc) is 3.04. The summed E-state index contributed by atoms with van der Waals surface area (Å²) in [5, 5.41) is 7.75. The van der Waals surface area contributed by atoms with Crippen molar-refractivity contribution in [2.75, 3.05) is 12.0 Å². The molecule has 0 aliphatic heterocycles. The third-order valence-corrected chi connectivity index (χ3v) is 4.35. The lowest BCUT2D eigenvalue weighted by atomic mass is 10.1. The van der Waals surface area contributed by atoms with Crippen LogP contribution in [0.4, 0.5) is 5.13 Å². The van der Waals surface area contributed by atoms with Crippen LogP contribution >= 0.6 is 11.3 Å². The van der Waals surface area contributed by atoms with Crippen molar-refractivity contribution < 1.29 is 9.53 Å². The van der Waals surface area contributed by atoms with E-state index < -0.39 is 0 Å². The number of benzene rings is 1. The van der Waals surface area contributed by atoms with Gasteiger partial charge in [0, 0.05) is 22.5 Å². The molecule has 128 valence electrons. The summed E-state index contributed by atoms with van der Waals surface area (Å²) in [5.41, 5.74) is 6.65. The fraction of sp³-hybridized carbons (Fsp3) is 0.222. The number of pyridine rings is 1. The second-order valence-corrected chi connectivity index (χ2v) is 6.23. The maximum Gasteiger partial charge on any atom is 0.311 e. The van der Waals surface area contributed by atoms with Crippen molar-refractivity contribution in [2.24, 2.45) is 5.10 Å². The summed E-state index contributed by atoms with van der Waals surface area (Å²) >= 11 is 1.39. The van der Waals surface area contributed by atoms with Gasteiger partial charge in [-0.25, -0.2) is 4.98 Å². The number of aryl methyl sites for hydroxylation is 1. The SMILES string of the molecule is CCOC(=O)Cc1csc(NN=Cc2ccc(C)c3ncccc23)n1. The number of ether oxygens (including phenoxy) is 1. The van der Waals surface area contributed by atoms with E-state index in [0.717, 1.165) is 22.0 Å². The summed E-state index contributed by atoms with van der Waals surface area (Å²) < 4.78 is 4.91. The predicted octanol–water partition coefficient (Wildman–Crippen LogP) is 3.55. The Balaban J connectivity index is 1.69. The van der Waals surface area contributed by atoms with Crippen molar-refractivity contribution >= 4 is 39.6 Å². The first-order valence-corrected chi connectivity index (χ1v) is 8.78. The van der Waals surface area contributed by atoms with Crippen molar-refractivity contribution in [3.63, 3.8) is 0 Å². The quantitative estimate of drug-likeness (QED) is 0.416. The summed E-state index contributed by atoms with van der Waals surface area (Å²) in [5.74, 6) is -0.276. The van der Waals surface area contributed by atoms with Crippen LogP contribution in [-0.2, 0) is 16.0 Å². The normalized spacial score (nSPS) is 11.1. The van der Waals surface area contributed by atoms with E-state index in [-0.39, 0.29) is 12.4 Å². The monoisotopic (exact) mass is 354 g/mol. The van der Waals surface area contributed by atoms with Gasteiger partial charge in [0.2, 0.25) is 5.13 Å². The summed E-state index contributed by atoms with van der Waals surface area (Å²) in [6.07, 6.45) is 3.70. The molecule has 1 aromatic carbocycles. The van der Waals surface area contributed by atoms with Crippen molar-refractivity contribution in [1.29, 1.82) is 0 Å². The molecule has 0 fully saturated rings. The minimum Gasteiger partial charge on any atom is -0.466 e. The first-order valence-electron chi connectivity index (χ1n) is 7.91. The number of hydrogen-bond donors (Lipinski definition) is 1. The van der Waals surface area contributed by atoms with Crippen LogP contribution in [0.5, 0.6) is 0 Å². The molecule has 3 rings (SSSR count). The molecule has 1 N–H and O–H groups in total. The second-order valence-electron chi connectivity index (χ2n) is 5.37. The number of hydrogen-bond acceptors (Lipinski definition) is 7. The molecule has 2 heterocycles. The fourth-order valence-corrected chi connectivity index (χ4v) is 3.06. The largest absolute Gasteiger partial charge is 0.466 e. The second kappa shape index (κ2) is 7.85. The molecule has 6 nitrogen and oxygen atoms in total. The summed E-state index contributed by atoms with van der Waals surface area (Å²) in [7, 11) is 0. The van der Waals surface area contributed by atoms with Gasteiger partial charge in [-0.1, -0.05) is 18.2 Å². The van der Waals surface area contributed by atoms with E-state index in [1.54, 1.807) is 19.3 Å². The number of fused-ring (bicyclic) bond motifs is 1. The van der Waals surface area contributed by atoms with Crippen LogP contribution in [0.3, 0.4) is 0 Å². The van der Waals surface area contributed by atoms with E-state index in [0.29, 0.717) is 17.4 Å². The zero-order valence-electron chi connectivity index (χ0n) is 14.0. The van der Waals surface area contributed by atoms with E-state index in [1.165, 1.54) is 11.3 Å². The molecule has 0 aliphatic rings. The minimum atomic E-state index is -0.276. The zero-order chi connectivity index (χ0) is 17.6. The molecule has 0 atom stereocenters. The third-order valence-electron chi connectivity index (χ3n) is 3.55. The molecule has 0 saturated carbocycles. The maximum absolute atomic E-state index is 11.5. The molecule has 0 aliphatic carbocycles. The first-order chi connectivity index (χ1) is 12.2. The van der Waals surface area contributed by atoms with Crippen LogP contribution in [0.15, 0.2) is 40.9 Å². The Morgan fingerprint density at radius 1 is 1.40 bits per heavy atom. The lowest BCUT2D eigenvalue weighted by Gasteiger charge is -2.04. The van der Waals surface area contributed by atoms with Gasteiger partial charge in [-0.15, -0.1) is 11.3 Å². The van der Waals surface area contributed by atoms with Gasteiger partial charge < -0.3 is 4.74 Å². The Labute approximate surface area is 149 Å². The van der Waals surface area contributed by atoms with Crippen LogP contribution in [0.1, 0.15) is 23.7 Å². The van der Waals surface area contributed by atoms with Gasteiger partial charge in [0.1, 0.15) is 0 Å². The van der Waals surface area contributed by atoms with Crippen LogP contribution < -0.4 is 5.43 Å². The Bertz CT molecular complexity index is 920. The van der Waals surface area contributed by atoms with E-state index in [2.05, 4.69) is 20.5 Å². The van der Waals surface area contributed by atoms with Crippen LogP contribution in [0.2, 0.25) is 0 Å². The molecule has 0 saturated heterocycles. The third kappa shape index (κ3) is 4.19. The van der Waals surface area contributed by atoms with E-state index in [1.807, 2.05) is 36.6 Å². The number of carbonyl (C=O) groups is 1. The molecule has 0 bridgehead atoms. The van der Waals surface area contributed by atoms with E-state index in [4.69, 9.17) is 4.74 Å². The van der Waals surface area contributed by atoms with Crippen molar-refractivity contribution in [1.82, 2.24) is 9.97 Å².